The summed E-state index contributed by atoms with van der Waals surface area (Å²) in [5.74, 6) is 4.08. The molecule has 26 heavy (non-hydrogen) atoms. The van der Waals surface area contributed by atoms with Crippen LogP contribution in [0.2, 0.25) is 19.6 Å². The lowest BCUT2D eigenvalue weighted by Crippen LogP contribution is -2.24. The summed E-state index contributed by atoms with van der Waals surface area (Å²) in [5, 5.41) is 1.66. The Morgan fingerprint density at radius 1 is 1.04 bits per heavy atom. The average Bonchev–Trinajstić information content (AvgIpc) is 2.62. The second kappa shape index (κ2) is 7.23. The predicted octanol–water partition coefficient (Wildman–Crippen LogP) is 4.29. The van der Waals surface area contributed by atoms with Gasteiger partial charge in [-0.1, -0.05) is 55.9 Å². The molecular formula is C22H23NO2Si. The van der Waals surface area contributed by atoms with Crippen molar-refractivity contribution in [3.05, 3.63) is 76.2 Å². The van der Waals surface area contributed by atoms with Crippen molar-refractivity contribution in [3.8, 4) is 17.2 Å². The topological polar surface area (TPSA) is 31.2 Å². The van der Waals surface area contributed by atoms with Crippen molar-refractivity contribution in [1.29, 1.82) is 0 Å². The molecule has 0 radical (unpaired) electrons. The van der Waals surface area contributed by atoms with Crippen molar-refractivity contribution in [2.45, 2.75) is 26.2 Å². The standard InChI is InChI=1S/C22H23NO2Si/c1-25-20-11-9-17(10-12-20)16-23-19(13-14-26(2,3)4)15-18-7-5-6-8-21(18)22(23)24/h5-12,15H,16H2,1-4H3. The zero-order chi connectivity index (χ0) is 18.7. The van der Waals surface area contributed by atoms with E-state index in [1.165, 1.54) is 0 Å². The lowest BCUT2D eigenvalue weighted by molar-refractivity contribution is 0.414. The normalized spacial score (nSPS) is 11.1. The summed E-state index contributed by atoms with van der Waals surface area (Å²) >= 11 is 0. The van der Waals surface area contributed by atoms with Gasteiger partial charge in [-0.15, -0.1) is 5.54 Å². The van der Waals surface area contributed by atoms with Gasteiger partial charge in [0.1, 0.15) is 13.8 Å². The number of pyridine rings is 1. The van der Waals surface area contributed by atoms with E-state index in [1.54, 1.807) is 11.7 Å². The van der Waals surface area contributed by atoms with E-state index in [9.17, 15) is 4.79 Å². The Kier molecular flexibility index (Phi) is 5.01. The molecule has 3 aromatic rings. The van der Waals surface area contributed by atoms with Crippen LogP contribution in [0.15, 0.2) is 59.4 Å². The van der Waals surface area contributed by atoms with E-state index >= 15 is 0 Å². The van der Waals surface area contributed by atoms with Crippen molar-refractivity contribution >= 4 is 18.8 Å². The minimum Gasteiger partial charge on any atom is -0.497 e. The average molecular weight is 362 g/mol. The fourth-order valence-electron chi connectivity index (χ4n) is 2.72. The van der Waals surface area contributed by atoms with E-state index in [1.807, 2.05) is 54.6 Å². The monoisotopic (exact) mass is 361 g/mol. The molecule has 1 aromatic heterocycles. The molecule has 132 valence electrons. The van der Waals surface area contributed by atoms with E-state index in [0.717, 1.165) is 27.8 Å². The molecule has 0 N–H and O–H groups in total. The molecule has 0 saturated carbocycles. The van der Waals surface area contributed by atoms with E-state index < -0.39 is 8.07 Å². The summed E-state index contributed by atoms with van der Waals surface area (Å²) in [6.45, 7) is 7.09. The third-order valence-electron chi connectivity index (χ3n) is 4.08. The minimum atomic E-state index is -1.55. The maximum Gasteiger partial charge on any atom is 0.259 e. The van der Waals surface area contributed by atoms with Crippen LogP contribution in [0.3, 0.4) is 0 Å². The first kappa shape index (κ1) is 18.0. The first-order valence-electron chi connectivity index (χ1n) is 8.66. The Bertz CT molecular complexity index is 1050. The van der Waals surface area contributed by atoms with Crippen molar-refractivity contribution < 1.29 is 4.74 Å². The number of hydrogen-bond acceptors (Lipinski definition) is 2. The van der Waals surface area contributed by atoms with Gasteiger partial charge in [-0.3, -0.25) is 9.36 Å². The fraction of sp³-hybridized carbons (Fsp3) is 0.227. The molecule has 1 heterocycles. The molecule has 0 atom stereocenters. The van der Waals surface area contributed by atoms with Gasteiger partial charge in [-0.05, 0) is 35.2 Å². The largest absolute Gasteiger partial charge is 0.497 e. The Hall–Kier alpha value is -2.77. The highest BCUT2D eigenvalue weighted by molar-refractivity contribution is 6.83. The van der Waals surface area contributed by atoms with Gasteiger partial charge in [-0.25, -0.2) is 0 Å². The molecule has 0 unspecified atom stereocenters. The van der Waals surface area contributed by atoms with Crippen LogP contribution in [-0.4, -0.2) is 19.8 Å². The first-order chi connectivity index (χ1) is 12.4. The van der Waals surface area contributed by atoms with Crippen molar-refractivity contribution in [3.63, 3.8) is 0 Å². The maximum atomic E-state index is 13.1. The van der Waals surface area contributed by atoms with Crippen LogP contribution in [-0.2, 0) is 6.54 Å². The quantitative estimate of drug-likeness (QED) is 0.515. The van der Waals surface area contributed by atoms with Crippen molar-refractivity contribution in [1.82, 2.24) is 4.57 Å². The van der Waals surface area contributed by atoms with Crippen LogP contribution in [0.1, 0.15) is 11.3 Å². The maximum absolute atomic E-state index is 13.1. The third kappa shape index (κ3) is 4.06. The zero-order valence-electron chi connectivity index (χ0n) is 15.7. The van der Waals surface area contributed by atoms with Crippen LogP contribution in [0.25, 0.3) is 10.8 Å². The lowest BCUT2D eigenvalue weighted by atomic mass is 10.1. The Morgan fingerprint density at radius 2 is 1.73 bits per heavy atom. The van der Waals surface area contributed by atoms with Crippen molar-refractivity contribution in [2.75, 3.05) is 7.11 Å². The molecular weight excluding hydrogens is 338 g/mol. The van der Waals surface area contributed by atoms with Crippen LogP contribution >= 0.6 is 0 Å². The Labute approximate surface area is 155 Å². The van der Waals surface area contributed by atoms with E-state index in [0.29, 0.717) is 6.54 Å². The molecule has 0 amide bonds. The summed E-state index contributed by atoms with van der Waals surface area (Å²) in [5.41, 5.74) is 5.19. The molecule has 3 rings (SSSR count). The molecule has 4 heteroatoms. The summed E-state index contributed by atoms with van der Waals surface area (Å²) in [6, 6.07) is 17.5. The number of methoxy groups -OCH3 is 1. The van der Waals surface area contributed by atoms with Gasteiger partial charge in [0.05, 0.1) is 19.3 Å². The number of aromatic nitrogens is 1. The Balaban J connectivity index is 2.14. The lowest BCUT2D eigenvalue weighted by Gasteiger charge is -2.12. The zero-order valence-corrected chi connectivity index (χ0v) is 16.7. The second-order valence-corrected chi connectivity index (χ2v) is 12.1. The van der Waals surface area contributed by atoms with Gasteiger partial charge < -0.3 is 4.74 Å². The SMILES string of the molecule is COc1ccc(Cn2c(C#C[Si](C)(C)C)cc3ccccc3c2=O)cc1. The molecule has 3 nitrogen and oxygen atoms in total. The van der Waals surface area contributed by atoms with Crippen LogP contribution < -0.4 is 10.3 Å². The molecule has 0 saturated heterocycles. The number of fused-ring (bicyclic) bond motifs is 1. The number of nitrogens with zero attached hydrogens (tertiary/aromatic N) is 1. The number of ether oxygens (including phenoxy) is 1. The van der Waals surface area contributed by atoms with Gasteiger partial charge in [0.2, 0.25) is 0 Å². The number of benzene rings is 2. The molecule has 0 aliphatic rings. The Morgan fingerprint density at radius 3 is 2.38 bits per heavy atom. The van der Waals surface area contributed by atoms with E-state index in [4.69, 9.17) is 4.74 Å². The van der Waals surface area contributed by atoms with Gasteiger partial charge in [-0.2, -0.15) is 0 Å². The number of rotatable bonds is 3. The van der Waals surface area contributed by atoms with Crippen LogP contribution in [0, 0.1) is 11.5 Å². The summed E-state index contributed by atoms with van der Waals surface area (Å²) < 4.78 is 6.99. The summed E-state index contributed by atoms with van der Waals surface area (Å²) in [7, 11) is 0.100. The first-order valence-corrected chi connectivity index (χ1v) is 12.2. The van der Waals surface area contributed by atoms with Gasteiger partial charge in [0.25, 0.3) is 5.56 Å². The fourth-order valence-corrected chi connectivity index (χ4v) is 3.23. The number of hydrogen-bond donors (Lipinski definition) is 0. The molecule has 0 fully saturated rings. The van der Waals surface area contributed by atoms with Crippen molar-refractivity contribution in [2.24, 2.45) is 0 Å². The summed E-state index contributed by atoms with van der Waals surface area (Å²) in [6.07, 6.45) is 0. The minimum absolute atomic E-state index is 0.00112. The van der Waals surface area contributed by atoms with E-state index in [2.05, 4.69) is 31.1 Å². The molecule has 2 aromatic carbocycles. The summed E-state index contributed by atoms with van der Waals surface area (Å²) in [4.78, 5) is 13.1. The third-order valence-corrected chi connectivity index (χ3v) is 4.96. The predicted molar refractivity (Wildman–Crippen MR) is 111 cm³/mol. The molecule has 0 spiro atoms. The highest BCUT2D eigenvalue weighted by Crippen LogP contribution is 2.15. The molecule has 0 aliphatic carbocycles. The van der Waals surface area contributed by atoms with Crippen LogP contribution in [0.5, 0.6) is 5.75 Å². The highest BCUT2D eigenvalue weighted by atomic mass is 28.3. The van der Waals surface area contributed by atoms with Gasteiger partial charge in [0, 0.05) is 5.39 Å². The van der Waals surface area contributed by atoms with Gasteiger partial charge >= 0.3 is 0 Å². The highest BCUT2D eigenvalue weighted by Gasteiger charge is 2.11. The van der Waals surface area contributed by atoms with Gasteiger partial charge in [0.15, 0.2) is 0 Å². The molecule has 0 aliphatic heterocycles. The smallest absolute Gasteiger partial charge is 0.259 e. The molecule has 0 bridgehead atoms. The second-order valence-electron chi connectivity index (χ2n) is 7.36. The van der Waals surface area contributed by atoms with Crippen LogP contribution in [0.4, 0.5) is 0 Å². The van der Waals surface area contributed by atoms with E-state index in [-0.39, 0.29) is 5.56 Å².